The van der Waals surface area contributed by atoms with Gasteiger partial charge in [-0.2, -0.15) is 0 Å². The molecule has 0 spiro atoms. The van der Waals surface area contributed by atoms with Crippen LogP contribution in [0.15, 0.2) is 36.4 Å². The zero-order valence-electron chi connectivity index (χ0n) is 8.53. The van der Waals surface area contributed by atoms with Crippen molar-refractivity contribution in [2.45, 2.75) is 13.3 Å². The molecule has 0 atom stereocenters. The maximum Gasteiger partial charge on any atom is 0.307 e. The topological polar surface area (TPSA) is 37.3 Å². The number of carbonyl (C=O) groups is 1. The van der Waals surface area contributed by atoms with Gasteiger partial charge in [-0.1, -0.05) is 36.4 Å². The van der Waals surface area contributed by atoms with E-state index in [9.17, 15) is 4.79 Å². The molecule has 1 N–H and O–H groups in total. The van der Waals surface area contributed by atoms with Gasteiger partial charge in [0.2, 0.25) is 0 Å². The lowest BCUT2D eigenvalue weighted by Crippen LogP contribution is -2.01. The van der Waals surface area contributed by atoms with Gasteiger partial charge in [-0.15, -0.1) is 0 Å². The molecule has 2 nitrogen and oxygen atoms in total. The summed E-state index contributed by atoms with van der Waals surface area (Å²) in [6.45, 7) is 2.01. The van der Waals surface area contributed by atoms with Gasteiger partial charge in [-0.05, 0) is 28.8 Å². The summed E-state index contributed by atoms with van der Waals surface area (Å²) in [6.07, 6.45) is 0.0855. The Morgan fingerprint density at radius 2 is 1.87 bits per heavy atom. The van der Waals surface area contributed by atoms with Crippen molar-refractivity contribution in [1.82, 2.24) is 0 Å². The predicted molar refractivity (Wildman–Crippen MR) is 60.0 cm³/mol. The van der Waals surface area contributed by atoms with Gasteiger partial charge in [0.05, 0.1) is 6.42 Å². The first-order chi connectivity index (χ1) is 7.18. The Labute approximate surface area is 88.2 Å². The summed E-state index contributed by atoms with van der Waals surface area (Å²) in [4.78, 5) is 10.7. The Bertz CT molecular complexity index is 510. The quantitative estimate of drug-likeness (QED) is 0.809. The van der Waals surface area contributed by atoms with Crippen molar-refractivity contribution >= 4 is 16.7 Å². The van der Waals surface area contributed by atoms with E-state index in [-0.39, 0.29) is 6.42 Å². The van der Waals surface area contributed by atoms with Crippen LogP contribution in [0.5, 0.6) is 0 Å². The molecule has 0 fully saturated rings. The molecule has 2 rings (SSSR count). The summed E-state index contributed by atoms with van der Waals surface area (Å²) in [7, 11) is 0. The fraction of sp³-hybridized carbons (Fsp3) is 0.154. The lowest BCUT2D eigenvalue weighted by atomic mass is 9.98. The number of hydrogen-bond donors (Lipinski definition) is 1. The SMILES string of the molecule is Cc1cccc2cccc(CC(=O)O)c12. The fourth-order valence-electron chi connectivity index (χ4n) is 1.93. The number of hydrogen-bond acceptors (Lipinski definition) is 1. The minimum atomic E-state index is -0.786. The molecule has 0 bridgehead atoms. The highest BCUT2D eigenvalue weighted by Crippen LogP contribution is 2.22. The van der Waals surface area contributed by atoms with Crippen LogP contribution in [0.25, 0.3) is 10.8 Å². The van der Waals surface area contributed by atoms with Gasteiger partial charge in [0, 0.05) is 0 Å². The van der Waals surface area contributed by atoms with Crippen LogP contribution in [0.4, 0.5) is 0 Å². The van der Waals surface area contributed by atoms with E-state index in [2.05, 4.69) is 0 Å². The van der Waals surface area contributed by atoms with Crippen LogP contribution in [-0.2, 0) is 11.2 Å². The number of rotatable bonds is 2. The van der Waals surface area contributed by atoms with Gasteiger partial charge in [0.1, 0.15) is 0 Å². The average molecular weight is 200 g/mol. The summed E-state index contributed by atoms with van der Waals surface area (Å²) < 4.78 is 0. The van der Waals surface area contributed by atoms with Crippen molar-refractivity contribution in [2.24, 2.45) is 0 Å². The largest absolute Gasteiger partial charge is 0.481 e. The Morgan fingerprint density at radius 3 is 2.53 bits per heavy atom. The zero-order valence-corrected chi connectivity index (χ0v) is 8.53. The van der Waals surface area contributed by atoms with Crippen molar-refractivity contribution in [3.63, 3.8) is 0 Å². The number of aliphatic carboxylic acids is 1. The molecule has 2 heteroatoms. The Balaban J connectivity index is 2.68. The smallest absolute Gasteiger partial charge is 0.307 e. The maximum absolute atomic E-state index is 10.7. The predicted octanol–water partition coefficient (Wildman–Crippen LogP) is 2.78. The van der Waals surface area contributed by atoms with E-state index in [0.29, 0.717) is 0 Å². The molecule has 0 radical (unpaired) electrons. The highest BCUT2D eigenvalue weighted by molar-refractivity contribution is 5.91. The van der Waals surface area contributed by atoms with Crippen molar-refractivity contribution in [2.75, 3.05) is 0 Å². The van der Waals surface area contributed by atoms with Crippen LogP contribution in [0, 0.1) is 6.92 Å². The van der Waals surface area contributed by atoms with E-state index < -0.39 is 5.97 Å². The van der Waals surface area contributed by atoms with Gasteiger partial charge >= 0.3 is 5.97 Å². The molecule has 0 unspecified atom stereocenters. The van der Waals surface area contributed by atoms with Gasteiger partial charge in [0.25, 0.3) is 0 Å². The summed E-state index contributed by atoms with van der Waals surface area (Å²) in [5.41, 5.74) is 2.02. The number of carboxylic acids is 1. The van der Waals surface area contributed by atoms with E-state index >= 15 is 0 Å². The second-order valence-electron chi connectivity index (χ2n) is 3.66. The third-order valence-electron chi connectivity index (χ3n) is 2.54. The molecule has 0 aliphatic rings. The normalized spacial score (nSPS) is 10.5. The minimum Gasteiger partial charge on any atom is -0.481 e. The van der Waals surface area contributed by atoms with Crippen LogP contribution in [-0.4, -0.2) is 11.1 Å². The molecular formula is C13H12O2. The van der Waals surface area contributed by atoms with E-state index in [0.717, 1.165) is 21.9 Å². The van der Waals surface area contributed by atoms with Gasteiger partial charge in [-0.3, -0.25) is 4.79 Å². The lowest BCUT2D eigenvalue weighted by Gasteiger charge is -2.06. The molecule has 0 aromatic heterocycles. The molecule has 0 aliphatic carbocycles. The molecule has 0 saturated carbocycles. The highest BCUT2D eigenvalue weighted by atomic mass is 16.4. The molecule has 76 valence electrons. The van der Waals surface area contributed by atoms with Crippen LogP contribution < -0.4 is 0 Å². The van der Waals surface area contributed by atoms with E-state index in [4.69, 9.17) is 5.11 Å². The molecular weight excluding hydrogens is 188 g/mol. The summed E-state index contributed by atoms with van der Waals surface area (Å²) >= 11 is 0. The molecule has 15 heavy (non-hydrogen) atoms. The Kier molecular flexibility index (Phi) is 2.42. The van der Waals surface area contributed by atoms with Crippen molar-refractivity contribution in [1.29, 1.82) is 0 Å². The van der Waals surface area contributed by atoms with E-state index in [1.54, 1.807) is 0 Å². The third kappa shape index (κ3) is 1.84. The van der Waals surface area contributed by atoms with E-state index in [1.165, 1.54) is 0 Å². The third-order valence-corrected chi connectivity index (χ3v) is 2.54. The number of benzene rings is 2. The maximum atomic E-state index is 10.7. The van der Waals surface area contributed by atoms with Gasteiger partial charge in [-0.25, -0.2) is 0 Å². The molecule has 0 aliphatic heterocycles. The molecule has 2 aromatic rings. The Morgan fingerprint density at radius 1 is 1.20 bits per heavy atom. The van der Waals surface area contributed by atoms with Crippen LogP contribution in [0.1, 0.15) is 11.1 Å². The minimum absolute atomic E-state index is 0.0855. The molecule has 0 amide bonds. The Hall–Kier alpha value is -1.83. The first-order valence-electron chi connectivity index (χ1n) is 4.87. The van der Waals surface area contributed by atoms with Gasteiger partial charge < -0.3 is 5.11 Å². The fourth-order valence-corrected chi connectivity index (χ4v) is 1.93. The molecule has 2 aromatic carbocycles. The number of aryl methyl sites for hydroxylation is 1. The lowest BCUT2D eigenvalue weighted by molar-refractivity contribution is -0.136. The monoisotopic (exact) mass is 200 g/mol. The first-order valence-corrected chi connectivity index (χ1v) is 4.87. The highest BCUT2D eigenvalue weighted by Gasteiger charge is 2.06. The zero-order chi connectivity index (χ0) is 10.8. The standard InChI is InChI=1S/C13H12O2/c1-9-4-2-5-10-6-3-7-11(13(9)10)8-12(14)15/h2-7H,8H2,1H3,(H,14,15). The number of fused-ring (bicyclic) bond motifs is 1. The summed E-state index contributed by atoms with van der Waals surface area (Å²) in [5.74, 6) is -0.786. The van der Waals surface area contributed by atoms with Crippen LogP contribution in [0.3, 0.4) is 0 Å². The molecule has 0 saturated heterocycles. The second kappa shape index (κ2) is 3.73. The van der Waals surface area contributed by atoms with Crippen molar-refractivity contribution in [3.05, 3.63) is 47.5 Å². The van der Waals surface area contributed by atoms with Crippen molar-refractivity contribution < 1.29 is 9.90 Å². The first kappa shape index (κ1) is 9.71. The second-order valence-corrected chi connectivity index (χ2v) is 3.66. The molecule has 0 heterocycles. The average Bonchev–Trinajstić information content (AvgIpc) is 2.17. The van der Waals surface area contributed by atoms with Crippen LogP contribution >= 0.6 is 0 Å². The summed E-state index contributed by atoms with van der Waals surface area (Å²) in [5, 5.41) is 11.0. The van der Waals surface area contributed by atoms with Crippen molar-refractivity contribution in [3.8, 4) is 0 Å². The van der Waals surface area contributed by atoms with Crippen LogP contribution in [0.2, 0.25) is 0 Å². The number of carboxylic acid groups (broad SMARTS) is 1. The van der Waals surface area contributed by atoms with E-state index in [1.807, 2.05) is 43.3 Å². The van der Waals surface area contributed by atoms with Gasteiger partial charge in [0.15, 0.2) is 0 Å². The summed E-state index contributed by atoms with van der Waals surface area (Å²) in [6, 6.07) is 11.8.